The van der Waals surface area contributed by atoms with E-state index in [0.29, 0.717) is 32.8 Å². The highest BCUT2D eigenvalue weighted by molar-refractivity contribution is 9.10. The molecule has 0 fully saturated rings. The summed E-state index contributed by atoms with van der Waals surface area (Å²) in [4.78, 5) is 24.3. The molecule has 3 aromatic rings. The van der Waals surface area contributed by atoms with E-state index in [0.717, 1.165) is 5.56 Å². The molecule has 2 N–H and O–H groups in total. The van der Waals surface area contributed by atoms with Crippen LogP contribution in [0.15, 0.2) is 70.2 Å². The number of hydrazone groups is 1. The lowest BCUT2D eigenvalue weighted by molar-refractivity contribution is -0.118. The maximum absolute atomic E-state index is 13.0. The first kappa shape index (κ1) is 23.9. The summed E-state index contributed by atoms with van der Waals surface area (Å²) in [7, 11) is 1.47. The zero-order valence-corrected chi connectivity index (χ0v) is 19.5. The van der Waals surface area contributed by atoms with E-state index < -0.39 is 11.7 Å². The zero-order valence-electron chi connectivity index (χ0n) is 17.9. The third-order valence-corrected chi connectivity index (χ3v) is 5.01. The lowest BCUT2D eigenvalue weighted by Gasteiger charge is -2.13. The molecule has 2 amide bonds. The monoisotopic (exact) mass is 513 g/mol. The first-order chi connectivity index (χ1) is 15.9. The van der Waals surface area contributed by atoms with Crippen LogP contribution in [0.2, 0.25) is 0 Å². The highest BCUT2D eigenvalue weighted by Crippen LogP contribution is 2.36. The minimum Gasteiger partial charge on any atom is -0.493 e. The van der Waals surface area contributed by atoms with Gasteiger partial charge in [0, 0.05) is 11.3 Å². The Kier molecular flexibility index (Phi) is 8.15. The summed E-state index contributed by atoms with van der Waals surface area (Å²) in [5.41, 5.74) is 5.11. The Balaban J connectivity index is 1.62. The number of hydrogen-bond donors (Lipinski definition) is 2. The average molecular weight is 514 g/mol. The van der Waals surface area contributed by atoms with Crippen LogP contribution in [0.25, 0.3) is 0 Å². The van der Waals surface area contributed by atoms with Crippen molar-refractivity contribution in [2.75, 3.05) is 19.0 Å². The molecule has 9 heteroatoms. The molecule has 0 saturated heterocycles. The second kappa shape index (κ2) is 11.2. The predicted octanol–water partition coefficient (Wildman–Crippen LogP) is 4.69. The molecule has 0 aromatic heterocycles. The Morgan fingerprint density at radius 3 is 2.45 bits per heavy atom. The Hall–Kier alpha value is -3.72. The molecule has 170 valence electrons. The first-order valence-corrected chi connectivity index (χ1v) is 10.6. The minimum atomic E-state index is -0.417. The molecular weight excluding hydrogens is 493 g/mol. The van der Waals surface area contributed by atoms with Gasteiger partial charge in [-0.2, -0.15) is 5.10 Å². The number of methoxy groups -OCH3 is 1. The van der Waals surface area contributed by atoms with Crippen molar-refractivity contribution in [3.05, 3.63) is 87.6 Å². The molecular formula is C24H21BrFN3O4. The Labute approximate surface area is 198 Å². The molecule has 0 heterocycles. The van der Waals surface area contributed by atoms with Gasteiger partial charge in [0.2, 0.25) is 0 Å². The Morgan fingerprint density at radius 2 is 1.79 bits per heavy atom. The van der Waals surface area contributed by atoms with Crippen LogP contribution in [0.3, 0.4) is 0 Å². The third kappa shape index (κ3) is 6.88. The topological polar surface area (TPSA) is 89.0 Å². The molecule has 0 aliphatic rings. The molecule has 0 saturated carbocycles. The number of anilines is 1. The van der Waals surface area contributed by atoms with Gasteiger partial charge in [-0.3, -0.25) is 9.59 Å². The number of carbonyl (C=O) groups excluding carboxylic acids is 2. The number of amides is 2. The van der Waals surface area contributed by atoms with E-state index in [1.54, 1.807) is 24.3 Å². The molecule has 3 rings (SSSR count). The molecule has 0 aliphatic carbocycles. The fourth-order valence-corrected chi connectivity index (χ4v) is 3.33. The van der Waals surface area contributed by atoms with Gasteiger partial charge in [0.1, 0.15) is 5.82 Å². The van der Waals surface area contributed by atoms with Crippen LogP contribution < -0.4 is 20.2 Å². The summed E-state index contributed by atoms with van der Waals surface area (Å²) in [5, 5.41) is 6.60. The molecule has 0 spiro atoms. The van der Waals surface area contributed by atoms with Crippen LogP contribution in [-0.2, 0) is 4.79 Å². The molecule has 0 bridgehead atoms. The van der Waals surface area contributed by atoms with E-state index in [1.807, 2.05) is 19.1 Å². The summed E-state index contributed by atoms with van der Waals surface area (Å²) in [6, 6.07) is 15.9. The van der Waals surface area contributed by atoms with Crippen molar-refractivity contribution < 1.29 is 23.5 Å². The molecule has 0 unspecified atom stereocenters. The van der Waals surface area contributed by atoms with Gasteiger partial charge in [-0.25, -0.2) is 9.82 Å². The van der Waals surface area contributed by atoms with Crippen LogP contribution in [0, 0.1) is 12.7 Å². The lowest BCUT2D eigenvalue weighted by Crippen LogP contribution is -2.20. The standard InChI is InChI=1S/C24H21BrFN3O4/c1-15-3-5-17(6-4-15)24(31)29-27-13-16-11-20(25)23(21(12-16)32-2)33-14-22(30)28-19-9-7-18(26)8-10-19/h3-13H,14H2,1-2H3,(H,28,30)(H,29,31)/b27-13+. The number of rotatable bonds is 8. The van der Waals surface area contributed by atoms with Crippen LogP contribution in [0.1, 0.15) is 21.5 Å². The van der Waals surface area contributed by atoms with Gasteiger partial charge in [-0.1, -0.05) is 17.7 Å². The number of nitrogens with one attached hydrogen (secondary N) is 2. The number of halogens is 2. The highest BCUT2D eigenvalue weighted by atomic mass is 79.9. The van der Waals surface area contributed by atoms with Gasteiger partial charge in [-0.15, -0.1) is 0 Å². The van der Waals surface area contributed by atoms with Crippen LogP contribution in [0.5, 0.6) is 11.5 Å². The van der Waals surface area contributed by atoms with Crippen molar-refractivity contribution in [2.45, 2.75) is 6.92 Å². The largest absolute Gasteiger partial charge is 0.493 e. The maximum Gasteiger partial charge on any atom is 0.271 e. The van der Waals surface area contributed by atoms with Crippen molar-refractivity contribution in [3.63, 3.8) is 0 Å². The Morgan fingerprint density at radius 1 is 1.09 bits per heavy atom. The molecule has 33 heavy (non-hydrogen) atoms. The van der Waals surface area contributed by atoms with Gasteiger partial charge in [-0.05, 0) is 76.9 Å². The summed E-state index contributed by atoms with van der Waals surface area (Å²) in [6.07, 6.45) is 1.46. The summed E-state index contributed by atoms with van der Waals surface area (Å²) >= 11 is 3.40. The SMILES string of the molecule is COc1cc(/C=N/NC(=O)c2ccc(C)cc2)cc(Br)c1OCC(=O)Nc1ccc(F)cc1. The molecule has 0 radical (unpaired) electrons. The first-order valence-electron chi connectivity index (χ1n) is 9.81. The van der Waals surface area contributed by atoms with Crippen molar-refractivity contribution in [3.8, 4) is 11.5 Å². The number of ether oxygens (including phenoxy) is 2. The normalized spacial score (nSPS) is 10.7. The van der Waals surface area contributed by atoms with Crippen LogP contribution >= 0.6 is 15.9 Å². The highest BCUT2D eigenvalue weighted by Gasteiger charge is 2.14. The zero-order chi connectivity index (χ0) is 23.8. The Bertz CT molecular complexity index is 1170. The van der Waals surface area contributed by atoms with E-state index >= 15 is 0 Å². The minimum absolute atomic E-state index is 0.285. The lowest BCUT2D eigenvalue weighted by atomic mass is 10.1. The van der Waals surface area contributed by atoms with E-state index in [2.05, 4.69) is 31.8 Å². The number of aryl methyl sites for hydroxylation is 1. The summed E-state index contributed by atoms with van der Waals surface area (Å²) in [5.74, 6) is -0.446. The van der Waals surface area contributed by atoms with Crippen molar-refractivity contribution in [1.82, 2.24) is 5.43 Å². The van der Waals surface area contributed by atoms with E-state index in [-0.39, 0.29) is 12.5 Å². The van der Waals surface area contributed by atoms with Crippen molar-refractivity contribution >= 4 is 39.6 Å². The second-order valence-corrected chi connectivity index (χ2v) is 7.80. The molecule has 0 aliphatic heterocycles. The van der Waals surface area contributed by atoms with Gasteiger partial charge in [0.25, 0.3) is 11.8 Å². The van der Waals surface area contributed by atoms with Gasteiger partial charge < -0.3 is 14.8 Å². The fourth-order valence-electron chi connectivity index (χ4n) is 2.76. The number of benzene rings is 3. The third-order valence-electron chi connectivity index (χ3n) is 4.42. The summed E-state index contributed by atoms with van der Waals surface area (Å²) < 4.78 is 24.5. The number of hydrogen-bond acceptors (Lipinski definition) is 5. The smallest absolute Gasteiger partial charge is 0.271 e. The van der Waals surface area contributed by atoms with Crippen molar-refractivity contribution in [2.24, 2.45) is 5.10 Å². The van der Waals surface area contributed by atoms with Crippen LogP contribution in [-0.4, -0.2) is 31.7 Å². The van der Waals surface area contributed by atoms with E-state index in [9.17, 15) is 14.0 Å². The van der Waals surface area contributed by atoms with Crippen LogP contribution in [0.4, 0.5) is 10.1 Å². The van der Waals surface area contributed by atoms with Crippen molar-refractivity contribution in [1.29, 1.82) is 0 Å². The van der Waals surface area contributed by atoms with E-state index in [4.69, 9.17) is 9.47 Å². The molecule has 0 atom stereocenters. The fraction of sp³-hybridized carbons (Fsp3) is 0.125. The quantitative estimate of drug-likeness (QED) is 0.338. The molecule has 7 nitrogen and oxygen atoms in total. The van der Waals surface area contributed by atoms with Gasteiger partial charge in [0.15, 0.2) is 18.1 Å². The van der Waals surface area contributed by atoms with E-state index in [1.165, 1.54) is 37.6 Å². The average Bonchev–Trinajstić information content (AvgIpc) is 2.80. The van der Waals surface area contributed by atoms with Gasteiger partial charge in [0.05, 0.1) is 17.8 Å². The summed E-state index contributed by atoms with van der Waals surface area (Å²) in [6.45, 7) is 1.66. The maximum atomic E-state index is 13.0. The number of nitrogens with zero attached hydrogens (tertiary/aromatic N) is 1. The van der Waals surface area contributed by atoms with Gasteiger partial charge >= 0.3 is 0 Å². The predicted molar refractivity (Wildman–Crippen MR) is 127 cm³/mol. The number of carbonyl (C=O) groups is 2. The molecule has 3 aromatic carbocycles. The second-order valence-electron chi connectivity index (χ2n) is 6.94.